The summed E-state index contributed by atoms with van der Waals surface area (Å²) in [7, 11) is 0. The first-order valence-electron chi connectivity index (χ1n) is 11.4. The minimum atomic E-state index is -0.0464. The molecule has 4 bridgehead atoms. The summed E-state index contributed by atoms with van der Waals surface area (Å²) in [4.78, 5) is 12.0. The maximum Gasteiger partial charge on any atom is 0.309 e. The largest absolute Gasteiger partial charge is 0.508 e. The molecule has 4 aliphatic carbocycles. The molecule has 3 nitrogen and oxygen atoms in total. The number of hydrogen-bond acceptors (Lipinski definition) is 3. The molecule has 0 amide bonds. The van der Waals surface area contributed by atoms with Crippen molar-refractivity contribution in [3.63, 3.8) is 0 Å². The van der Waals surface area contributed by atoms with Gasteiger partial charge in [0.2, 0.25) is 0 Å². The van der Waals surface area contributed by atoms with Crippen LogP contribution in [0.2, 0.25) is 0 Å². The lowest BCUT2D eigenvalue weighted by Gasteiger charge is -2.55. The zero-order valence-corrected chi connectivity index (χ0v) is 18.1. The monoisotopic (exact) mass is 386 g/mol. The molecule has 4 saturated carbocycles. The minimum Gasteiger partial charge on any atom is -0.508 e. The lowest BCUT2D eigenvalue weighted by Crippen LogP contribution is -2.53. The highest BCUT2D eigenvalue weighted by Crippen LogP contribution is 2.57. The van der Waals surface area contributed by atoms with Crippen LogP contribution in [0.4, 0.5) is 0 Å². The van der Waals surface area contributed by atoms with E-state index in [1.165, 1.54) is 24.8 Å². The molecule has 28 heavy (non-hydrogen) atoms. The van der Waals surface area contributed by atoms with Gasteiger partial charge in [0.1, 0.15) is 11.4 Å². The number of aromatic hydroxyl groups is 1. The van der Waals surface area contributed by atoms with Crippen LogP contribution < -0.4 is 0 Å². The van der Waals surface area contributed by atoms with Gasteiger partial charge >= 0.3 is 5.97 Å². The van der Waals surface area contributed by atoms with E-state index in [2.05, 4.69) is 20.8 Å². The second kappa shape index (κ2) is 8.88. The Kier molecular flexibility index (Phi) is 6.73. The molecule has 0 spiro atoms. The number of phenolic OH excluding ortho intramolecular Hbond substituents is 1. The van der Waals surface area contributed by atoms with Gasteiger partial charge in [0, 0.05) is 0 Å². The molecule has 3 heteroatoms. The predicted molar refractivity (Wildman–Crippen MR) is 113 cm³/mol. The second-order valence-corrected chi connectivity index (χ2v) is 9.73. The summed E-state index contributed by atoms with van der Waals surface area (Å²) in [5, 5.41) is 9.01. The van der Waals surface area contributed by atoms with Crippen molar-refractivity contribution in [2.45, 2.75) is 90.6 Å². The fraction of sp³-hybridized carbons (Fsp3) is 0.720. The number of benzene rings is 1. The van der Waals surface area contributed by atoms with Crippen LogP contribution in [0.3, 0.4) is 0 Å². The quantitative estimate of drug-likeness (QED) is 0.591. The van der Waals surface area contributed by atoms with Gasteiger partial charge in [0.25, 0.3) is 0 Å². The van der Waals surface area contributed by atoms with Crippen LogP contribution in [0.25, 0.3) is 0 Å². The maximum absolute atomic E-state index is 12.0. The van der Waals surface area contributed by atoms with Crippen molar-refractivity contribution in [1.29, 1.82) is 0 Å². The zero-order chi connectivity index (χ0) is 20.3. The van der Waals surface area contributed by atoms with Crippen LogP contribution in [0.1, 0.15) is 90.5 Å². The van der Waals surface area contributed by atoms with Crippen LogP contribution in [0.15, 0.2) is 24.3 Å². The molecular formula is C25H38O3. The molecule has 4 fully saturated rings. The smallest absolute Gasteiger partial charge is 0.309 e. The van der Waals surface area contributed by atoms with E-state index in [1.807, 2.05) is 19.1 Å². The molecule has 2 atom stereocenters. The van der Waals surface area contributed by atoms with E-state index in [0.29, 0.717) is 11.7 Å². The van der Waals surface area contributed by atoms with Gasteiger partial charge < -0.3 is 9.84 Å². The van der Waals surface area contributed by atoms with Crippen molar-refractivity contribution >= 4 is 5.97 Å². The molecule has 1 aromatic rings. The summed E-state index contributed by atoms with van der Waals surface area (Å²) in [5.74, 6) is 3.62. The van der Waals surface area contributed by atoms with Gasteiger partial charge in [-0.05, 0) is 92.7 Å². The van der Waals surface area contributed by atoms with E-state index in [1.54, 1.807) is 12.1 Å². The highest BCUT2D eigenvalue weighted by molar-refractivity contribution is 5.72. The molecule has 1 N–H and O–H groups in total. The highest BCUT2D eigenvalue weighted by Gasteiger charge is 2.53. The van der Waals surface area contributed by atoms with E-state index in [9.17, 15) is 4.79 Å². The Morgan fingerprint density at radius 2 is 1.50 bits per heavy atom. The molecule has 0 saturated heterocycles. The molecule has 1 aromatic carbocycles. The van der Waals surface area contributed by atoms with Gasteiger partial charge in [0.15, 0.2) is 0 Å². The molecule has 2 unspecified atom stereocenters. The fourth-order valence-corrected chi connectivity index (χ4v) is 5.68. The predicted octanol–water partition coefficient (Wildman–Crippen LogP) is 6.45. The summed E-state index contributed by atoms with van der Waals surface area (Å²) in [6, 6.07) is 7.43. The molecule has 0 radical (unpaired) electrons. The normalized spacial score (nSPS) is 32.2. The third-order valence-corrected chi connectivity index (χ3v) is 7.39. The number of phenols is 1. The second-order valence-electron chi connectivity index (χ2n) is 9.73. The van der Waals surface area contributed by atoms with Gasteiger partial charge in [0.05, 0.1) is 5.92 Å². The summed E-state index contributed by atoms with van der Waals surface area (Å²) >= 11 is 0. The van der Waals surface area contributed by atoms with Crippen LogP contribution in [-0.4, -0.2) is 16.7 Å². The average molecular weight is 387 g/mol. The van der Waals surface area contributed by atoms with Crippen molar-refractivity contribution in [3.05, 3.63) is 29.8 Å². The van der Waals surface area contributed by atoms with Crippen molar-refractivity contribution in [1.82, 2.24) is 0 Å². The Morgan fingerprint density at radius 3 is 1.93 bits per heavy atom. The molecule has 0 aliphatic heterocycles. The fourth-order valence-electron chi connectivity index (χ4n) is 5.68. The number of hydrogen-bond donors (Lipinski definition) is 1. The van der Waals surface area contributed by atoms with Crippen LogP contribution >= 0.6 is 0 Å². The Bertz CT molecular complexity index is 613. The van der Waals surface area contributed by atoms with E-state index in [4.69, 9.17) is 9.84 Å². The SMILES string of the molecule is CCC(C)C(=O)OC12CC3CC(CC(C3)C1)C2.CCC(C)c1ccc(O)cc1. The Hall–Kier alpha value is -1.51. The van der Waals surface area contributed by atoms with Gasteiger partial charge in [-0.2, -0.15) is 0 Å². The average Bonchev–Trinajstić information content (AvgIpc) is 2.66. The standard InChI is InChI=1S/C15H24O2.C10H14O/c1-3-10(2)14(16)17-15-7-11-4-12(8-15)6-13(5-11)9-15;1-3-8(2)9-4-6-10(11)7-5-9/h10-13H,3-9H2,1-2H3;4-8,11H,3H2,1-2H3. The molecular weight excluding hydrogens is 348 g/mol. The lowest BCUT2D eigenvalue weighted by molar-refractivity contribution is -0.190. The van der Waals surface area contributed by atoms with E-state index < -0.39 is 0 Å². The third-order valence-electron chi connectivity index (χ3n) is 7.39. The summed E-state index contributed by atoms with van der Waals surface area (Å²) < 4.78 is 5.96. The number of ether oxygens (including phenoxy) is 1. The molecule has 0 aromatic heterocycles. The van der Waals surface area contributed by atoms with E-state index in [-0.39, 0.29) is 17.5 Å². The minimum absolute atomic E-state index is 0.0464. The van der Waals surface area contributed by atoms with E-state index in [0.717, 1.165) is 49.9 Å². The molecule has 0 heterocycles. The molecule has 4 aliphatic rings. The van der Waals surface area contributed by atoms with Crippen molar-refractivity contribution in [2.24, 2.45) is 23.7 Å². The number of rotatable bonds is 5. The summed E-state index contributed by atoms with van der Waals surface area (Å²) in [5.41, 5.74) is 1.25. The first kappa shape index (κ1) is 21.2. The third kappa shape index (κ3) is 4.90. The van der Waals surface area contributed by atoms with Crippen LogP contribution in [0, 0.1) is 23.7 Å². The molecule has 5 rings (SSSR count). The maximum atomic E-state index is 12.0. The number of carbonyl (C=O) groups excluding carboxylic acids is 1. The number of carbonyl (C=O) groups is 1. The first-order valence-corrected chi connectivity index (χ1v) is 11.4. The summed E-state index contributed by atoms with van der Waals surface area (Å²) in [6.07, 6.45) is 9.71. The van der Waals surface area contributed by atoms with Gasteiger partial charge in [-0.1, -0.05) is 39.8 Å². The van der Waals surface area contributed by atoms with Crippen molar-refractivity contribution in [2.75, 3.05) is 0 Å². The topological polar surface area (TPSA) is 46.5 Å². The van der Waals surface area contributed by atoms with Crippen molar-refractivity contribution < 1.29 is 14.6 Å². The Labute approximate surface area is 170 Å². The number of esters is 1. The Balaban J connectivity index is 0.000000178. The van der Waals surface area contributed by atoms with Crippen LogP contribution in [0.5, 0.6) is 5.75 Å². The van der Waals surface area contributed by atoms with Gasteiger partial charge in [-0.3, -0.25) is 4.79 Å². The van der Waals surface area contributed by atoms with Crippen molar-refractivity contribution in [3.8, 4) is 5.75 Å². The van der Waals surface area contributed by atoms with E-state index >= 15 is 0 Å². The zero-order valence-electron chi connectivity index (χ0n) is 18.1. The van der Waals surface area contributed by atoms with Gasteiger partial charge in [-0.25, -0.2) is 0 Å². The lowest BCUT2D eigenvalue weighted by atomic mass is 9.54. The summed E-state index contributed by atoms with van der Waals surface area (Å²) in [6.45, 7) is 8.40. The van der Waals surface area contributed by atoms with Gasteiger partial charge in [-0.15, -0.1) is 0 Å². The highest BCUT2D eigenvalue weighted by atomic mass is 16.6. The Morgan fingerprint density at radius 1 is 1.00 bits per heavy atom. The first-order chi connectivity index (χ1) is 13.3. The van der Waals surface area contributed by atoms with Crippen LogP contribution in [-0.2, 0) is 9.53 Å². The molecule has 156 valence electrons.